The maximum Gasteiger partial charge on any atom is 0.407 e. The fraction of sp³-hybridized carbons (Fsp3) is 0.354. The van der Waals surface area contributed by atoms with Crippen LogP contribution in [0.25, 0.3) is 38.9 Å². The van der Waals surface area contributed by atoms with Crippen LogP contribution in [0.15, 0.2) is 97.3 Å². The Labute approximate surface area is 366 Å². The number of hydrogen-bond acceptors (Lipinski definition) is 10. The van der Waals surface area contributed by atoms with Gasteiger partial charge in [0.2, 0.25) is 5.91 Å². The minimum atomic E-state index is -0.962. The molecular formula is C48H54N8O7. The topological polar surface area (TPSA) is 179 Å². The number of H-pyrrole nitrogens is 1. The van der Waals surface area contributed by atoms with E-state index < -0.39 is 24.3 Å². The molecule has 5 N–H and O–H groups in total. The van der Waals surface area contributed by atoms with Crippen LogP contribution in [-0.4, -0.2) is 96.4 Å². The largest absolute Gasteiger partial charge is 0.497 e. The number of carbonyl (C=O) groups is 4. The molecule has 4 aromatic carbocycles. The van der Waals surface area contributed by atoms with E-state index >= 15 is 0 Å². The van der Waals surface area contributed by atoms with Crippen molar-refractivity contribution in [2.45, 2.75) is 69.9 Å². The first-order chi connectivity index (χ1) is 30.5. The van der Waals surface area contributed by atoms with E-state index in [4.69, 9.17) is 19.2 Å². The van der Waals surface area contributed by atoms with Crippen molar-refractivity contribution in [2.75, 3.05) is 34.4 Å². The van der Waals surface area contributed by atoms with E-state index in [1.807, 2.05) is 24.9 Å². The minimum absolute atomic E-state index is 0.0766. The van der Waals surface area contributed by atoms with Gasteiger partial charge >= 0.3 is 12.2 Å². The van der Waals surface area contributed by atoms with Crippen LogP contribution >= 0.6 is 0 Å². The van der Waals surface area contributed by atoms with Crippen LogP contribution in [0.1, 0.15) is 68.6 Å². The lowest BCUT2D eigenvalue weighted by Gasteiger charge is -2.34. The zero-order chi connectivity index (χ0) is 44.2. The lowest BCUT2D eigenvalue weighted by Crippen LogP contribution is -2.57. The van der Waals surface area contributed by atoms with Gasteiger partial charge in [0, 0.05) is 19.3 Å². The van der Waals surface area contributed by atoms with Gasteiger partial charge in [-0.3, -0.25) is 9.59 Å². The lowest BCUT2D eigenvalue weighted by atomic mass is 9.98. The van der Waals surface area contributed by atoms with E-state index in [1.165, 1.54) is 14.2 Å². The number of carbonyl (C=O) groups excluding carboxylic acids is 4. The van der Waals surface area contributed by atoms with Crippen molar-refractivity contribution in [3.8, 4) is 28.1 Å². The van der Waals surface area contributed by atoms with Crippen molar-refractivity contribution in [1.29, 1.82) is 0 Å². The van der Waals surface area contributed by atoms with E-state index in [2.05, 4.69) is 86.9 Å². The van der Waals surface area contributed by atoms with Crippen molar-refractivity contribution >= 4 is 40.5 Å². The number of nitrogens with zero attached hydrogens (tertiary/aromatic N) is 3. The summed E-state index contributed by atoms with van der Waals surface area (Å²) in [7, 11) is 4.12. The van der Waals surface area contributed by atoms with Crippen LogP contribution in [0.2, 0.25) is 0 Å². The summed E-state index contributed by atoms with van der Waals surface area (Å²) in [5, 5.41) is 14.7. The summed E-state index contributed by atoms with van der Waals surface area (Å²) in [6.07, 6.45) is 5.56. The van der Waals surface area contributed by atoms with E-state index in [9.17, 15) is 19.2 Å². The summed E-state index contributed by atoms with van der Waals surface area (Å²) >= 11 is 0. The molecule has 0 saturated carbocycles. The minimum Gasteiger partial charge on any atom is -0.497 e. The number of hydrogen-bond donors (Lipinski definition) is 5. The van der Waals surface area contributed by atoms with Crippen LogP contribution < -0.4 is 26.0 Å². The van der Waals surface area contributed by atoms with Crippen LogP contribution in [0.3, 0.4) is 0 Å². The van der Waals surface area contributed by atoms with E-state index in [0.717, 1.165) is 70.1 Å². The molecule has 5 atom stereocenters. The molecule has 1 aromatic heterocycles. The van der Waals surface area contributed by atoms with Crippen LogP contribution in [-0.2, 0) is 19.1 Å². The number of fused-ring (bicyclic) bond motifs is 1. The molecule has 63 heavy (non-hydrogen) atoms. The zero-order valence-corrected chi connectivity index (χ0v) is 36.1. The monoisotopic (exact) mass is 854 g/mol. The third-order valence-corrected chi connectivity index (χ3v) is 12.3. The zero-order valence-electron chi connectivity index (χ0n) is 36.1. The highest BCUT2D eigenvalue weighted by molar-refractivity contribution is 5.91. The predicted molar refractivity (Wildman–Crippen MR) is 239 cm³/mol. The molecule has 4 amide bonds. The molecule has 3 aliphatic rings. The molecule has 3 aliphatic heterocycles. The number of aromatic nitrogens is 2. The fourth-order valence-corrected chi connectivity index (χ4v) is 8.94. The normalized spacial score (nSPS) is 19.2. The standard InChI is InChI=1S/C48H54N8O7/c1-28(2)41(53-47(59)62-4)45(57)55-21-7-11-39(55)44-50-27-38(52-44)34-20-19-32-23-31(17-18-33(32)24-34)29-13-15-30(16-14-29)37-26-49-43(51-37)40-12-8-22-56(40)46(58)42(54-48(60)63-5)35-9-6-10-36(25-35)61-3/h6,9-10,13-20,23-28,39-42,44,50,52H,7-8,11-12,21-22H2,1-5H3,(H,49,51)(H,53,59)(H,54,60)/t39-,40-,41-,42+,44?/m0/s1. The van der Waals surface area contributed by atoms with Crippen molar-refractivity contribution in [1.82, 2.24) is 41.0 Å². The Bertz CT molecular complexity index is 2520. The average Bonchev–Trinajstić information content (AvgIpc) is 4.16. The Morgan fingerprint density at radius 1 is 0.746 bits per heavy atom. The van der Waals surface area contributed by atoms with Gasteiger partial charge in [0.15, 0.2) is 0 Å². The van der Waals surface area contributed by atoms with Crippen molar-refractivity contribution in [2.24, 2.45) is 5.92 Å². The molecule has 0 radical (unpaired) electrons. The second-order valence-corrected chi connectivity index (χ2v) is 16.5. The van der Waals surface area contributed by atoms with Gasteiger partial charge in [-0.05, 0) is 94.5 Å². The third kappa shape index (κ3) is 8.99. The summed E-state index contributed by atoms with van der Waals surface area (Å²) in [6, 6.07) is 26.3. The molecule has 4 heterocycles. The number of rotatable bonds is 12. The van der Waals surface area contributed by atoms with E-state index in [-0.39, 0.29) is 36.0 Å². The lowest BCUT2D eigenvalue weighted by molar-refractivity contribution is -0.136. The SMILES string of the molecule is COC(=O)N[C@H](C(=O)N1CCC[C@H]1C1NC=C(c2ccc3cc(-c4ccc(-c5cnc([C@@H]6CCCN6C(=O)[C@H](NC(=O)OC)c6cccc(OC)c6)[nH]5)cc4)ccc3c2)N1)C(C)C. The Morgan fingerprint density at radius 3 is 2.14 bits per heavy atom. The molecule has 2 saturated heterocycles. The van der Waals surface area contributed by atoms with E-state index in [1.54, 1.807) is 42.5 Å². The number of alkyl carbamates (subject to hydrolysis) is 2. The second kappa shape index (κ2) is 18.5. The molecule has 0 aliphatic carbocycles. The number of aromatic amines is 1. The average molecular weight is 855 g/mol. The maximum absolute atomic E-state index is 14.1. The smallest absolute Gasteiger partial charge is 0.407 e. The van der Waals surface area contributed by atoms with Crippen molar-refractivity contribution < 1.29 is 33.4 Å². The molecule has 15 heteroatoms. The number of nitrogens with one attached hydrogen (secondary N) is 5. The highest BCUT2D eigenvalue weighted by atomic mass is 16.5. The van der Waals surface area contributed by atoms with Crippen molar-refractivity contribution in [3.05, 3.63) is 114 Å². The molecule has 15 nitrogen and oxygen atoms in total. The number of ether oxygens (including phenoxy) is 3. The van der Waals surface area contributed by atoms with Gasteiger partial charge in [-0.25, -0.2) is 14.6 Å². The quantitative estimate of drug-likeness (QED) is 0.0891. The van der Waals surface area contributed by atoms with Gasteiger partial charge in [0.05, 0.1) is 51.0 Å². The van der Waals surface area contributed by atoms with Gasteiger partial charge in [-0.15, -0.1) is 0 Å². The van der Waals surface area contributed by atoms with Crippen LogP contribution in [0.5, 0.6) is 5.75 Å². The van der Waals surface area contributed by atoms with Crippen molar-refractivity contribution in [3.63, 3.8) is 0 Å². The summed E-state index contributed by atoms with van der Waals surface area (Å²) in [6.45, 7) is 4.99. The Hall–Kier alpha value is -7.03. The Kier molecular flexibility index (Phi) is 12.5. The molecule has 0 bridgehead atoms. The maximum atomic E-state index is 14.1. The van der Waals surface area contributed by atoms with Gasteiger partial charge in [0.25, 0.3) is 5.91 Å². The second-order valence-electron chi connectivity index (χ2n) is 16.5. The first kappa shape index (κ1) is 42.7. The molecule has 2 fully saturated rings. The van der Waals surface area contributed by atoms with Crippen LogP contribution in [0.4, 0.5) is 9.59 Å². The Morgan fingerprint density at radius 2 is 1.41 bits per heavy atom. The molecular weight excluding hydrogens is 801 g/mol. The van der Waals surface area contributed by atoms with Crippen LogP contribution in [0, 0.1) is 5.92 Å². The van der Waals surface area contributed by atoms with Gasteiger partial charge in [-0.2, -0.15) is 0 Å². The highest BCUT2D eigenvalue weighted by Crippen LogP contribution is 2.36. The number of benzene rings is 4. The highest BCUT2D eigenvalue weighted by Gasteiger charge is 2.41. The number of methoxy groups -OCH3 is 3. The first-order valence-corrected chi connectivity index (χ1v) is 21.4. The molecule has 8 rings (SSSR count). The summed E-state index contributed by atoms with van der Waals surface area (Å²) in [5.41, 5.74) is 6.55. The molecule has 5 aromatic rings. The molecule has 0 spiro atoms. The van der Waals surface area contributed by atoms with Gasteiger partial charge in [0.1, 0.15) is 29.8 Å². The number of likely N-dealkylation sites (tertiary alicyclic amines) is 2. The summed E-state index contributed by atoms with van der Waals surface area (Å²) in [4.78, 5) is 63.9. The predicted octanol–water partition coefficient (Wildman–Crippen LogP) is 6.86. The number of amides is 4. The molecule has 328 valence electrons. The Balaban J connectivity index is 0.920. The first-order valence-electron chi connectivity index (χ1n) is 21.4. The van der Waals surface area contributed by atoms with Gasteiger partial charge in [-0.1, -0.05) is 74.5 Å². The summed E-state index contributed by atoms with van der Waals surface area (Å²) in [5.74, 6) is 0.817. The number of imidazole rings is 1. The summed E-state index contributed by atoms with van der Waals surface area (Å²) < 4.78 is 15.0. The van der Waals surface area contributed by atoms with E-state index in [0.29, 0.717) is 30.2 Å². The van der Waals surface area contributed by atoms with Gasteiger partial charge < -0.3 is 50.3 Å². The molecule has 1 unspecified atom stereocenters. The third-order valence-electron chi connectivity index (χ3n) is 12.3. The fourth-order valence-electron chi connectivity index (χ4n) is 8.94.